The van der Waals surface area contributed by atoms with Crippen LogP contribution in [0.25, 0.3) is 0 Å². The molecule has 0 saturated heterocycles. The highest BCUT2D eigenvalue weighted by Crippen LogP contribution is 2.28. The van der Waals surface area contributed by atoms with E-state index in [1.54, 1.807) is 0 Å². The molecule has 0 radical (unpaired) electrons. The molecule has 0 aromatic rings. The van der Waals surface area contributed by atoms with Crippen molar-refractivity contribution >= 4 is 11.6 Å². The van der Waals surface area contributed by atoms with Crippen molar-refractivity contribution < 1.29 is 4.79 Å². The molecule has 0 aromatic heterocycles. The molecule has 0 heterocycles. The molecule has 2 saturated carbocycles. The van der Waals surface area contributed by atoms with Gasteiger partial charge in [0, 0.05) is 11.6 Å². The molecule has 1 N–H and O–H groups in total. The molecule has 2 aliphatic rings. The highest BCUT2D eigenvalue weighted by molar-refractivity contribution is 5.86. The Morgan fingerprint density at radius 1 is 0.947 bits per heavy atom. The van der Waals surface area contributed by atoms with Crippen LogP contribution in [-0.2, 0) is 4.79 Å². The van der Waals surface area contributed by atoms with Gasteiger partial charge in [-0.2, -0.15) is 5.10 Å². The van der Waals surface area contributed by atoms with Crippen LogP contribution in [0.2, 0.25) is 0 Å². The third kappa shape index (κ3) is 4.32. The molecule has 2 rings (SSSR count). The lowest BCUT2D eigenvalue weighted by atomic mass is 9.83. The van der Waals surface area contributed by atoms with Gasteiger partial charge in [0.1, 0.15) is 0 Å². The van der Waals surface area contributed by atoms with Crippen molar-refractivity contribution in [2.75, 3.05) is 0 Å². The van der Waals surface area contributed by atoms with E-state index in [1.165, 1.54) is 44.9 Å². The van der Waals surface area contributed by atoms with E-state index in [0.29, 0.717) is 5.92 Å². The molecule has 0 aliphatic heterocycles. The van der Waals surface area contributed by atoms with Crippen molar-refractivity contribution in [1.29, 1.82) is 0 Å². The van der Waals surface area contributed by atoms with Crippen LogP contribution in [0, 0.1) is 17.8 Å². The first-order valence-electron chi connectivity index (χ1n) is 8.01. The number of hydrogen-bond donors (Lipinski definition) is 1. The zero-order valence-electron chi connectivity index (χ0n) is 12.5. The Balaban J connectivity index is 1.78. The maximum absolute atomic E-state index is 12.1. The van der Waals surface area contributed by atoms with Crippen molar-refractivity contribution in [3.8, 4) is 0 Å². The standard InChI is InChI=1S/C16H28N2O/c1-12-8-10-15(11-9-12)16(19)18-17-13(2)14-6-4-3-5-7-14/h12,14-15H,3-11H2,1-2H3,(H,18,19)/b17-13+. The maximum Gasteiger partial charge on any atom is 0.243 e. The van der Waals surface area contributed by atoms with E-state index in [9.17, 15) is 4.79 Å². The summed E-state index contributed by atoms with van der Waals surface area (Å²) >= 11 is 0. The van der Waals surface area contributed by atoms with Crippen molar-refractivity contribution in [1.82, 2.24) is 5.43 Å². The van der Waals surface area contributed by atoms with E-state index in [2.05, 4.69) is 24.4 Å². The minimum atomic E-state index is 0.141. The molecule has 1 amide bonds. The summed E-state index contributed by atoms with van der Waals surface area (Å²) in [6.45, 7) is 4.35. The third-order valence-electron chi connectivity index (χ3n) is 4.93. The van der Waals surface area contributed by atoms with Crippen LogP contribution in [0.15, 0.2) is 5.10 Å². The van der Waals surface area contributed by atoms with E-state index in [-0.39, 0.29) is 11.8 Å². The van der Waals surface area contributed by atoms with Gasteiger partial charge in [0.2, 0.25) is 5.91 Å². The maximum atomic E-state index is 12.1. The Morgan fingerprint density at radius 2 is 1.58 bits per heavy atom. The highest BCUT2D eigenvalue weighted by Gasteiger charge is 2.24. The van der Waals surface area contributed by atoms with Crippen LogP contribution in [0.1, 0.15) is 71.6 Å². The van der Waals surface area contributed by atoms with E-state index < -0.39 is 0 Å². The highest BCUT2D eigenvalue weighted by atomic mass is 16.2. The first-order valence-corrected chi connectivity index (χ1v) is 8.01. The van der Waals surface area contributed by atoms with E-state index in [0.717, 1.165) is 24.5 Å². The molecule has 2 fully saturated rings. The average Bonchev–Trinajstić information content (AvgIpc) is 2.46. The Bertz CT molecular complexity index is 324. The monoisotopic (exact) mass is 264 g/mol. The second kappa shape index (κ2) is 7.06. The fraction of sp³-hybridized carbons (Fsp3) is 0.875. The smallest absolute Gasteiger partial charge is 0.243 e. The minimum Gasteiger partial charge on any atom is -0.273 e. The van der Waals surface area contributed by atoms with E-state index in [1.807, 2.05) is 0 Å². The molecular formula is C16H28N2O. The number of carbonyl (C=O) groups excluding carboxylic acids is 1. The molecule has 108 valence electrons. The normalized spacial score (nSPS) is 30.1. The van der Waals surface area contributed by atoms with Crippen LogP contribution in [0.3, 0.4) is 0 Å². The Morgan fingerprint density at radius 3 is 2.21 bits per heavy atom. The summed E-state index contributed by atoms with van der Waals surface area (Å²) in [5.41, 5.74) is 3.94. The number of hydrazone groups is 1. The van der Waals surface area contributed by atoms with Gasteiger partial charge < -0.3 is 0 Å². The van der Waals surface area contributed by atoms with Gasteiger partial charge in [-0.15, -0.1) is 0 Å². The molecule has 0 spiro atoms. The SMILES string of the molecule is C/C(=N\NC(=O)C1CCC(C)CC1)C1CCCCC1. The van der Waals surface area contributed by atoms with Gasteiger partial charge in [-0.25, -0.2) is 5.43 Å². The summed E-state index contributed by atoms with van der Waals surface area (Å²) < 4.78 is 0. The van der Waals surface area contributed by atoms with Crippen molar-refractivity contribution in [2.24, 2.45) is 22.9 Å². The summed E-state index contributed by atoms with van der Waals surface area (Å²) in [6, 6.07) is 0. The lowest BCUT2D eigenvalue weighted by molar-refractivity contribution is -0.126. The van der Waals surface area contributed by atoms with Gasteiger partial charge in [0.15, 0.2) is 0 Å². The largest absolute Gasteiger partial charge is 0.273 e. The van der Waals surface area contributed by atoms with Gasteiger partial charge in [-0.05, 0) is 57.3 Å². The lowest BCUT2D eigenvalue weighted by Gasteiger charge is -2.25. The second-order valence-corrected chi connectivity index (χ2v) is 6.52. The van der Waals surface area contributed by atoms with Crippen molar-refractivity contribution in [3.05, 3.63) is 0 Å². The molecule has 3 nitrogen and oxygen atoms in total. The Hall–Kier alpha value is -0.860. The Kier molecular flexibility index (Phi) is 5.41. The molecule has 19 heavy (non-hydrogen) atoms. The zero-order chi connectivity index (χ0) is 13.7. The van der Waals surface area contributed by atoms with Crippen LogP contribution in [-0.4, -0.2) is 11.6 Å². The summed E-state index contributed by atoms with van der Waals surface area (Å²) in [5, 5.41) is 4.36. The van der Waals surface area contributed by atoms with Crippen molar-refractivity contribution in [3.63, 3.8) is 0 Å². The van der Waals surface area contributed by atoms with Crippen LogP contribution in [0.4, 0.5) is 0 Å². The molecule has 0 bridgehead atoms. The second-order valence-electron chi connectivity index (χ2n) is 6.52. The molecular weight excluding hydrogens is 236 g/mol. The molecule has 0 atom stereocenters. The average molecular weight is 264 g/mol. The topological polar surface area (TPSA) is 41.5 Å². The van der Waals surface area contributed by atoms with Crippen molar-refractivity contribution in [2.45, 2.75) is 71.6 Å². The number of nitrogens with one attached hydrogen (secondary N) is 1. The van der Waals surface area contributed by atoms with Gasteiger partial charge in [0.25, 0.3) is 0 Å². The third-order valence-corrected chi connectivity index (χ3v) is 4.93. The number of carbonyl (C=O) groups is 1. The van der Waals surface area contributed by atoms with Gasteiger partial charge in [0.05, 0.1) is 0 Å². The molecule has 0 unspecified atom stereocenters. The van der Waals surface area contributed by atoms with Gasteiger partial charge in [-0.3, -0.25) is 4.79 Å². The Labute approximate surface area is 117 Å². The summed E-state index contributed by atoms with van der Waals surface area (Å²) in [5.74, 6) is 1.72. The molecule has 0 aromatic carbocycles. The number of rotatable bonds is 3. The number of nitrogens with zero attached hydrogens (tertiary/aromatic N) is 1. The van der Waals surface area contributed by atoms with Crippen LogP contribution >= 0.6 is 0 Å². The predicted molar refractivity (Wildman–Crippen MR) is 78.9 cm³/mol. The zero-order valence-corrected chi connectivity index (χ0v) is 12.5. The van der Waals surface area contributed by atoms with Gasteiger partial charge in [-0.1, -0.05) is 26.2 Å². The predicted octanol–water partition coefficient (Wildman–Crippen LogP) is 3.89. The molecule has 2 aliphatic carbocycles. The first-order chi connectivity index (χ1) is 9.16. The minimum absolute atomic E-state index is 0.141. The van der Waals surface area contributed by atoms with Crippen LogP contribution < -0.4 is 5.43 Å². The fourth-order valence-corrected chi connectivity index (χ4v) is 3.37. The van der Waals surface area contributed by atoms with Crippen LogP contribution in [0.5, 0.6) is 0 Å². The van der Waals surface area contributed by atoms with E-state index >= 15 is 0 Å². The summed E-state index contributed by atoms with van der Waals surface area (Å²) in [7, 11) is 0. The lowest BCUT2D eigenvalue weighted by Crippen LogP contribution is -2.31. The van der Waals surface area contributed by atoms with Gasteiger partial charge >= 0.3 is 0 Å². The number of hydrogen-bond acceptors (Lipinski definition) is 2. The quantitative estimate of drug-likeness (QED) is 0.610. The first kappa shape index (κ1) is 14.5. The summed E-state index contributed by atoms with van der Waals surface area (Å²) in [4.78, 5) is 12.1. The van der Waals surface area contributed by atoms with E-state index in [4.69, 9.17) is 0 Å². The fourth-order valence-electron chi connectivity index (χ4n) is 3.37. The molecule has 3 heteroatoms. The summed E-state index contributed by atoms with van der Waals surface area (Å²) in [6.07, 6.45) is 10.9. The number of amides is 1.